The van der Waals surface area contributed by atoms with Crippen LogP contribution in [0.2, 0.25) is 0 Å². The highest BCUT2D eigenvalue weighted by Gasteiger charge is 2.16. The van der Waals surface area contributed by atoms with E-state index in [1.54, 1.807) is 12.1 Å². The van der Waals surface area contributed by atoms with Gasteiger partial charge in [0.25, 0.3) is 5.91 Å². The molecule has 0 spiro atoms. The van der Waals surface area contributed by atoms with Gasteiger partial charge < -0.3 is 10.1 Å². The van der Waals surface area contributed by atoms with Crippen molar-refractivity contribution >= 4 is 15.9 Å². The second-order valence-corrected chi connectivity index (χ2v) is 7.15. The monoisotopic (exact) mass is 353 g/mol. The smallest absolute Gasteiger partial charge is 0.251 e. The number of amides is 1. The molecule has 1 amide bonds. The quantitative estimate of drug-likeness (QED) is 0.653. The molecular formula is C16H23N3O4S. The molecule has 0 saturated carbocycles. The van der Waals surface area contributed by atoms with E-state index in [9.17, 15) is 13.2 Å². The molecule has 132 valence electrons. The van der Waals surface area contributed by atoms with Crippen LogP contribution in [0.15, 0.2) is 41.8 Å². The van der Waals surface area contributed by atoms with Crippen molar-refractivity contribution in [2.45, 2.75) is 4.90 Å². The highest BCUT2D eigenvalue weighted by molar-refractivity contribution is 7.89. The molecule has 0 aliphatic carbocycles. The van der Waals surface area contributed by atoms with Crippen LogP contribution < -0.4 is 10.0 Å². The van der Waals surface area contributed by atoms with Gasteiger partial charge in [0.05, 0.1) is 18.1 Å². The summed E-state index contributed by atoms with van der Waals surface area (Å²) < 4.78 is 31.8. The zero-order valence-corrected chi connectivity index (χ0v) is 14.3. The van der Waals surface area contributed by atoms with Crippen LogP contribution in [-0.4, -0.2) is 65.2 Å². The van der Waals surface area contributed by atoms with Crippen LogP contribution in [0.25, 0.3) is 0 Å². The zero-order chi connectivity index (χ0) is 17.4. The van der Waals surface area contributed by atoms with E-state index in [1.165, 1.54) is 18.2 Å². The van der Waals surface area contributed by atoms with Crippen LogP contribution in [-0.2, 0) is 14.8 Å². The fourth-order valence-electron chi connectivity index (χ4n) is 2.31. The molecule has 7 nitrogen and oxygen atoms in total. The standard InChI is InChI=1S/C16H23N3O4S/c1-2-6-18-24(21,22)15-5-3-4-14(13-15)16(20)17-7-8-19-9-11-23-12-10-19/h2-5,13,18H,1,6-12H2,(H,17,20). The summed E-state index contributed by atoms with van der Waals surface area (Å²) >= 11 is 0. The molecular weight excluding hydrogens is 330 g/mol. The first kappa shape index (κ1) is 18.6. The summed E-state index contributed by atoms with van der Waals surface area (Å²) in [6.07, 6.45) is 1.46. The molecule has 2 N–H and O–H groups in total. The Balaban J connectivity index is 1.92. The Morgan fingerprint density at radius 3 is 2.79 bits per heavy atom. The van der Waals surface area contributed by atoms with Crippen molar-refractivity contribution in [3.05, 3.63) is 42.5 Å². The normalized spacial score (nSPS) is 15.8. The number of benzene rings is 1. The summed E-state index contributed by atoms with van der Waals surface area (Å²) in [5.41, 5.74) is 0.318. The molecule has 1 saturated heterocycles. The molecule has 0 unspecified atom stereocenters. The predicted molar refractivity (Wildman–Crippen MR) is 91.4 cm³/mol. The first-order valence-electron chi connectivity index (χ1n) is 7.82. The van der Waals surface area contributed by atoms with Gasteiger partial charge in [0.1, 0.15) is 0 Å². The minimum Gasteiger partial charge on any atom is -0.379 e. The number of hydrogen-bond donors (Lipinski definition) is 2. The number of hydrogen-bond acceptors (Lipinski definition) is 5. The van der Waals surface area contributed by atoms with E-state index in [-0.39, 0.29) is 17.3 Å². The second kappa shape index (κ2) is 8.93. The van der Waals surface area contributed by atoms with Crippen molar-refractivity contribution in [1.29, 1.82) is 0 Å². The number of carbonyl (C=O) groups excluding carboxylic acids is 1. The maximum atomic E-state index is 12.2. The van der Waals surface area contributed by atoms with Crippen LogP contribution in [0.3, 0.4) is 0 Å². The van der Waals surface area contributed by atoms with Gasteiger partial charge in [-0.25, -0.2) is 13.1 Å². The third-order valence-corrected chi connectivity index (χ3v) is 5.06. The lowest BCUT2D eigenvalue weighted by Gasteiger charge is -2.26. The van der Waals surface area contributed by atoms with Gasteiger partial charge in [-0.2, -0.15) is 0 Å². The highest BCUT2D eigenvalue weighted by atomic mass is 32.2. The molecule has 0 bridgehead atoms. The molecule has 0 atom stereocenters. The summed E-state index contributed by atoms with van der Waals surface area (Å²) in [6, 6.07) is 5.97. The minimum atomic E-state index is -3.64. The van der Waals surface area contributed by atoms with Gasteiger partial charge in [-0.1, -0.05) is 12.1 Å². The van der Waals surface area contributed by atoms with Crippen molar-refractivity contribution < 1.29 is 17.9 Å². The van der Waals surface area contributed by atoms with E-state index in [1.807, 2.05) is 0 Å². The van der Waals surface area contributed by atoms with Gasteiger partial charge in [0.2, 0.25) is 10.0 Å². The van der Waals surface area contributed by atoms with E-state index in [0.29, 0.717) is 25.3 Å². The molecule has 2 rings (SSSR count). The molecule has 1 aromatic carbocycles. The predicted octanol–water partition coefficient (Wildman–Crippen LogP) is 0.213. The fraction of sp³-hybridized carbons (Fsp3) is 0.438. The average molecular weight is 353 g/mol. The summed E-state index contributed by atoms with van der Waals surface area (Å²) in [6.45, 7) is 8.01. The third-order valence-electron chi connectivity index (χ3n) is 3.64. The molecule has 1 aliphatic rings. The Morgan fingerprint density at radius 1 is 1.33 bits per heavy atom. The van der Waals surface area contributed by atoms with Crippen LogP contribution in [0.5, 0.6) is 0 Å². The summed E-state index contributed by atoms with van der Waals surface area (Å²) in [5.74, 6) is -0.288. The Kier molecular flexibility index (Phi) is 6.92. The molecule has 1 heterocycles. The third kappa shape index (κ3) is 5.41. The molecule has 1 fully saturated rings. The van der Waals surface area contributed by atoms with E-state index >= 15 is 0 Å². The molecule has 0 aromatic heterocycles. The molecule has 1 aliphatic heterocycles. The summed E-state index contributed by atoms with van der Waals surface area (Å²) in [5, 5.41) is 2.82. The second-order valence-electron chi connectivity index (χ2n) is 5.38. The number of morpholine rings is 1. The molecule has 1 aromatic rings. The molecule has 24 heavy (non-hydrogen) atoms. The summed E-state index contributed by atoms with van der Waals surface area (Å²) in [7, 11) is -3.64. The van der Waals surface area contributed by atoms with Crippen molar-refractivity contribution in [1.82, 2.24) is 14.9 Å². The largest absolute Gasteiger partial charge is 0.379 e. The first-order valence-corrected chi connectivity index (χ1v) is 9.30. The number of ether oxygens (including phenoxy) is 1. The van der Waals surface area contributed by atoms with Gasteiger partial charge in [0, 0.05) is 38.3 Å². The molecule has 0 radical (unpaired) electrons. The SMILES string of the molecule is C=CCNS(=O)(=O)c1cccc(C(=O)NCCN2CCOCC2)c1. The van der Waals surface area contributed by atoms with E-state index in [4.69, 9.17) is 4.74 Å². The fourth-order valence-corrected chi connectivity index (χ4v) is 3.35. The Bertz CT molecular complexity index is 670. The maximum absolute atomic E-state index is 12.2. The van der Waals surface area contributed by atoms with Crippen LogP contribution in [0.4, 0.5) is 0 Å². The van der Waals surface area contributed by atoms with Gasteiger partial charge in [-0.3, -0.25) is 9.69 Å². The van der Waals surface area contributed by atoms with E-state index in [2.05, 4.69) is 21.5 Å². The lowest BCUT2D eigenvalue weighted by molar-refractivity contribution is 0.0383. The Morgan fingerprint density at radius 2 is 2.08 bits per heavy atom. The summed E-state index contributed by atoms with van der Waals surface area (Å²) in [4.78, 5) is 14.5. The minimum absolute atomic E-state index is 0.0604. The topological polar surface area (TPSA) is 87.7 Å². The number of sulfonamides is 1. The van der Waals surface area contributed by atoms with Crippen molar-refractivity contribution in [2.24, 2.45) is 0 Å². The zero-order valence-electron chi connectivity index (χ0n) is 13.5. The van der Waals surface area contributed by atoms with Gasteiger partial charge in [-0.05, 0) is 18.2 Å². The first-order chi connectivity index (χ1) is 11.5. The highest BCUT2D eigenvalue weighted by Crippen LogP contribution is 2.11. The lowest BCUT2D eigenvalue weighted by atomic mass is 10.2. The lowest BCUT2D eigenvalue weighted by Crippen LogP contribution is -2.41. The van der Waals surface area contributed by atoms with Crippen molar-refractivity contribution in [2.75, 3.05) is 45.9 Å². The van der Waals surface area contributed by atoms with E-state index < -0.39 is 10.0 Å². The number of rotatable bonds is 8. The van der Waals surface area contributed by atoms with Gasteiger partial charge in [-0.15, -0.1) is 6.58 Å². The molecule has 8 heteroatoms. The Hall–Kier alpha value is -1.74. The van der Waals surface area contributed by atoms with Crippen LogP contribution in [0, 0.1) is 0 Å². The number of nitrogens with zero attached hydrogens (tertiary/aromatic N) is 1. The Labute approximate surface area is 142 Å². The number of carbonyl (C=O) groups is 1. The van der Waals surface area contributed by atoms with Crippen molar-refractivity contribution in [3.8, 4) is 0 Å². The van der Waals surface area contributed by atoms with E-state index in [0.717, 1.165) is 19.6 Å². The van der Waals surface area contributed by atoms with Crippen molar-refractivity contribution in [3.63, 3.8) is 0 Å². The van der Waals surface area contributed by atoms with Gasteiger partial charge >= 0.3 is 0 Å². The van der Waals surface area contributed by atoms with Crippen LogP contribution in [0.1, 0.15) is 10.4 Å². The number of nitrogens with one attached hydrogen (secondary N) is 2. The average Bonchev–Trinajstić information content (AvgIpc) is 2.61. The van der Waals surface area contributed by atoms with Crippen LogP contribution >= 0.6 is 0 Å². The van der Waals surface area contributed by atoms with Gasteiger partial charge in [0.15, 0.2) is 0 Å². The maximum Gasteiger partial charge on any atom is 0.251 e.